The zero-order valence-electron chi connectivity index (χ0n) is 9.47. The quantitative estimate of drug-likeness (QED) is 0.752. The summed E-state index contributed by atoms with van der Waals surface area (Å²) >= 11 is 0. The normalized spacial score (nSPS) is 12.5. The van der Waals surface area contributed by atoms with Crippen molar-refractivity contribution in [1.82, 2.24) is 9.97 Å². The van der Waals surface area contributed by atoms with E-state index >= 15 is 0 Å². The van der Waals surface area contributed by atoms with Crippen LogP contribution in [-0.4, -0.2) is 43.3 Å². The Hall–Kier alpha value is -1.20. The third kappa shape index (κ3) is 3.45. The van der Waals surface area contributed by atoms with E-state index in [1.807, 2.05) is 18.9 Å². The van der Waals surface area contributed by atoms with Crippen LogP contribution in [0.25, 0.3) is 0 Å². The fourth-order valence-corrected chi connectivity index (χ4v) is 1.48. The molecule has 0 fully saturated rings. The van der Waals surface area contributed by atoms with E-state index in [2.05, 4.69) is 9.97 Å². The lowest BCUT2D eigenvalue weighted by Gasteiger charge is -2.22. The summed E-state index contributed by atoms with van der Waals surface area (Å²) in [6.45, 7) is 3.18. The van der Waals surface area contributed by atoms with Gasteiger partial charge in [-0.1, -0.05) is 0 Å². The molecule has 1 aromatic heterocycles. The zero-order valence-corrected chi connectivity index (χ0v) is 9.47. The van der Waals surface area contributed by atoms with Crippen molar-refractivity contribution in [3.05, 3.63) is 18.1 Å². The fourth-order valence-electron chi connectivity index (χ4n) is 1.48. The van der Waals surface area contributed by atoms with Gasteiger partial charge in [0.05, 0.1) is 12.3 Å². The van der Waals surface area contributed by atoms with Gasteiger partial charge in [-0.05, 0) is 6.92 Å². The minimum atomic E-state index is -0.0126. The molecular formula is C10H18N4O. The van der Waals surface area contributed by atoms with Gasteiger partial charge in [0.25, 0.3) is 0 Å². The van der Waals surface area contributed by atoms with Crippen molar-refractivity contribution in [2.75, 3.05) is 32.2 Å². The van der Waals surface area contributed by atoms with E-state index in [-0.39, 0.29) is 6.04 Å². The molecule has 0 radical (unpaired) electrons. The first-order valence-electron chi connectivity index (χ1n) is 4.88. The van der Waals surface area contributed by atoms with Crippen LogP contribution in [0.2, 0.25) is 0 Å². The molecule has 84 valence electrons. The molecule has 0 saturated heterocycles. The van der Waals surface area contributed by atoms with E-state index in [0.717, 1.165) is 11.5 Å². The third-order valence-electron chi connectivity index (χ3n) is 2.11. The van der Waals surface area contributed by atoms with E-state index < -0.39 is 0 Å². The van der Waals surface area contributed by atoms with Crippen molar-refractivity contribution in [3.63, 3.8) is 0 Å². The molecule has 0 aliphatic heterocycles. The van der Waals surface area contributed by atoms with Gasteiger partial charge in [0.1, 0.15) is 5.82 Å². The first-order valence-corrected chi connectivity index (χ1v) is 4.88. The Bertz CT molecular complexity index is 305. The Labute approximate surface area is 90.3 Å². The second-order valence-electron chi connectivity index (χ2n) is 3.56. The molecule has 0 aliphatic rings. The number of likely N-dealkylation sites (N-methyl/N-ethyl adjacent to an activating group) is 1. The molecule has 0 saturated carbocycles. The van der Waals surface area contributed by atoms with Crippen LogP contribution in [0.1, 0.15) is 5.69 Å². The van der Waals surface area contributed by atoms with Crippen molar-refractivity contribution >= 4 is 5.82 Å². The molecular weight excluding hydrogens is 192 g/mol. The number of rotatable bonds is 5. The predicted molar refractivity (Wildman–Crippen MR) is 59.9 cm³/mol. The van der Waals surface area contributed by atoms with Gasteiger partial charge in [0.15, 0.2) is 0 Å². The maximum absolute atomic E-state index is 5.86. The van der Waals surface area contributed by atoms with Crippen molar-refractivity contribution in [2.24, 2.45) is 5.73 Å². The van der Waals surface area contributed by atoms with Gasteiger partial charge >= 0.3 is 0 Å². The van der Waals surface area contributed by atoms with Gasteiger partial charge in [-0.25, -0.2) is 4.98 Å². The van der Waals surface area contributed by atoms with Crippen LogP contribution in [0, 0.1) is 6.92 Å². The van der Waals surface area contributed by atoms with Crippen LogP contribution in [-0.2, 0) is 4.74 Å². The molecule has 1 aromatic rings. The lowest BCUT2D eigenvalue weighted by atomic mass is 10.3. The summed E-state index contributed by atoms with van der Waals surface area (Å²) in [7, 11) is 3.60. The number of hydrogen-bond acceptors (Lipinski definition) is 5. The van der Waals surface area contributed by atoms with Crippen LogP contribution in [0.4, 0.5) is 5.82 Å². The monoisotopic (exact) mass is 210 g/mol. The number of nitrogens with zero attached hydrogens (tertiary/aromatic N) is 3. The first-order chi connectivity index (χ1) is 7.15. The Morgan fingerprint density at radius 2 is 2.13 bits per heavy atom. The zero-order chi connectivity index (χ0) is 11.3. The lowest BCUT2D eigenvalue weighted by molar-refractivity contribution is 0.181. The average Bonchev–Trinajstić information content (AvgIpc) is 2.18. The van der Waals surface area contributed by atoms with Gasteiger partial charge in [0, 0.05) is 39.1 Å². The molecule has 0 aromatic carbocycles. The molecule has 1 atom stereocenters. The molecule has 1 heterocycles. The Kier molecular flexibility index (Phi) is 4.45. The Morgan fingerprint density at radius 1 is 1.47 bits per heavy atom. The standard InChI is InChI=1S/C10H18N4O/c1-8-10(13-5-4-12-8)14(2)6-9(11)7-15-3/h4-5,9H,6-7,11H2,1-3H3. The molecule has 0 aliphatic carbocycles. The maximum Gasteiger partial charge on any atom is 0.149 e. The van der Waals surface area contributed by atoms with Gasteiger partial charge in [-0.15, -0.1) is 0 Å². The van der Waals surface area contributed by atoms with Crippen LogP contribution in [0.5, 0.6) is 0 Å². The SMILES string of the molecule is COCC(N)CN(C)c1nccnc1C. The largest absolute Gasteiger partial charge is 0.383 e. The molecule has 5 heteroatoms. The van der Waals surface area contributed by atoms with Crippen LogP contribution in [0.15, 0.2) is 12.4 Å². The molecule has 2 N–H and O–H groups in total. The highest BCUT2D eigenvalue weighted by atomic mass is 16.5. The van der Waals surface area contributed by atoms with E-state index in [9.17, 15) is 0 Å². The summed E-state index contributed by atoms with van der Waals surface area (Å²) in [5.41, 5.74) is 6.76. The topological polar surface area (TPSA) is 64.3 Å². The van der Waals surface area contributed by atoms with Crippen LogP contribution < -0.4 is 10.6 Å². The molecule has 1 rings (SSSR count). The van der Waals surface area contributed by atoms with Crippen molar-refractivity contribution in [2.45, 2.75) is 13.0 Å². The van der Waals surface area contributed by atoms with Gasteiger partial charge in [0.2, 0.25) is 0 Å². The first kappa shape index (κ1) is 11.9. The van der Waals surface area contributed by atoms with Crippen molar-refractivity contribution in [3.8, 4) is 0 Å². The van der Waals surface area contributed by atoms with Gasteiger partial charge in [-0.3, -0.25) is 4.98 Å². The smallest absolute Gasteiger partial charge is 0.149 e. The summed E-state index contributed by atoms with van der Waals surface area (Å²) in [5.74, 6) is 0.865. The van der Waals surface area contributed by atoms with Crippen LogP contribution >= 0.6 is 0 Å². The van der Waals surface area contributed by atoms with Crippen LogP contribution in [0.3, 0.4) is 0 Å². The van der Waals surface area contributed by atoms with Gasteiger partial charge in [-0.2, -0.15) is 0 Å². The third-order valence-corrected chi connectivity index (χ3v) is 2.11. The number of ether oxygens (including phenoxy) is 1. The Balaban J connectivity index is 2.61. The molecule has 0 bridgehead atoms. The second-order valence-corrected chi connectivity index (χ2v) is 3.56. The van der Waals surface area contributed by atoms with E-state index in [1.54, 1.807) is 19.5 Å². The Morgan fingerprint density at radius 3 is 2.73 bits per heavy atom. The lowest BCUT2D eigenvalue weighted by Crippen LogP contribution is -2.39. The highest BCUT2D eigenvalue weighted by molar-refractivity contribution is 5.41. The minimum absolute atomic E-state index is 0.0126. The fraction of sp³-hybridized carbons (Fsp3) is 0.600. The number of methoxy groups -OCH3 is 1. The van der Waals surface area contributed by atoms with Crippen molar-refractivity contribution < 1.29 is 4.74 Å². The highest BCUT2D eigenvalue weighted by Gasteiger charge is 2.10. The predicted octanol–water partition coefficient (Wildman–Crippen LogP) is 0.195. The maximum atomic E-state index is 5.86. The highest BCUT2D eigenvalue weighted by Crippen LogP contribution is 2.11. The average molecular weight is 210 g/mol. The molecule has 0 amide bonds. The van der Waals surface area contributed by atoms with Gasteiger partial charge < -0.3 is 15.4 Å². The number of nitrogens with two attached hydrogens (primary N) is 1. The second kappa shape index (κ2) is 5.63. The number of anilines is 1. The minimum Gasteiger partial charge on any atom is -0.383 e. The molecule has 15 heavy (non-hydrogen) atoms. The molecule has 1 unspecified atom stereocenters. The summed E-state index contributed by atoms with van der Waals surface area (Å²) in [5, 5.41) is 0. The molecule has 5 nitrogen and oxygen atoms in total. The van der Waals surface area contributed by atoms with E-state index in [0.29, 0.717) is 13.2 Å². The summed E-state index contributed by atoms with van der Waals surface area (Å²) in [6.07, 6.45) is 3.36. The number of aryl methyl sites for hydroxylation is 1. The van der Waals surface area contributed by atoms with Crippen molar-refractivity contribution in [1.29, 1.82) is 0 Å². The summed E-state index contributed by atoms with van der Waals surface area (Å²) in [4.78, 5) is 10.4. The van der Waals surface area contributed by atoms with E-state index in [4.69, 9.17) is 10.5 Å². The summed E-state index contributed by atoms with van der Waals surface area (Å²) < 4.78 is 4.98. The molecule has 0 spiro atoms. The summed E-state index contributed by atoms with van der Waals surface area (Å²) in [6, 6.07) is -0.0126. The number of hydrogen-bond donors (Lipinski definition) is 1. The van der Waals surface area contributed by atoms with E-state index in [1.165, 1.54) is 0 Å². The number of aromatic nitrogens is 2.